The fourth-order valence-corrected chi connectivity index (χ4v) is 6.44. The summed E-state index contributed by atoms with van der Waals surface area (Å²) in [7, 11) is 0. The summed E-state index contributed by atoms with van der Waals surface area (Å²) in [6.07, 6.45) is 1.55. The summed E-state index contributed by atoms with van der Waals surface area (Å²) in [5, 5.41) is 37.1. The van der Waals surface area contributed by atoms with Gasteiger partial charge in [0, 0.05) is 47.0 Å². The molecule has 0 aromatic carbocycles. The van der Waals surface area contributed by atoms with Crippen molar-refractivity contribution in [3.05, 3.63) is 10.6 Å². The maximum absolute atomic E-state index is 12.0. The van der Waals surface area contributed by atoms with Gasteiger partial charge in [-0.2, -0.15) is 0 Å². The van der Waals surface area contributed by atoms with E-state index in [0.29, 0.717) is 11.4 Å². The fraction of sp³-hybridized carbons (Fsp3) is 0.778. The van der Waals surface area contributed by atoms with Gasteiger partial charge in [-0.25, -0.2) is 4.79 Å². The van der Waals surface area contributed by atoms with E-state index < -0.39 is 17.5 Å². The van der Waals surface area contributed by atoms with Crippen LogP contribution in [0, 0.1) is 11.3 Å². The van der Waals surface area contributed by atoms with E-state index >= 15 is 0 Å². The number of hydrogen-bond donors (Lipinski definition) is 5. The Kier molecular flexibility index (Phi) is 5.00. The summed E-state index contributed by atoms with van der Waals surface area (Å²) in [5.74, 6) is -1.07. The van der Waals surface area contributed by atoms with Crippen LogP contribution in [0.15, 0.2) is 10.6 Å². The Balaban J connectivity index is 1.51. The van der Waals surface area contributed by atoms with Crippen LogP contribution in [-0.2, 0) is 9.59 Å². The second kappa shape index (κ2) is 7.04. The van der Waals surface area contributed by atoms with Gasteiger partial charge < -0.3 is 30.9 Å². The third kappa shape index (κ3) is 3.00. The topological polar surface area (TPSA) is 122 Å². The van der Waals surface area contributed by atoms with Crippen LogP contribution in [0.1, 0.15) is 26.2 Å². The van der Waals surface area contributed by atoms with E-state index in [-0.39, 0.29) is 47.9 Å². The van der Waals surface area contributed by atoms with Gasteiger partial charge in [-0.15, -0.1) is 11.8 Å². The molecule has 3 saturated heterocycles. The number of fused-ring (bicyclic) bond motifs is 1. The van der Waals surface area contributed by atoms with Crippen LogP contribution in [0.3, 0.4) is 0 Å². The molecule has 27 heavy (non-hydrogen) atoms. The van der Waals surface area contributed by atoms with Crippen LogP contribution in [-0.4, -0.2) is 81.8 Å². The highest BCUT2D eigenvalue weighted by Gasteiger charge is 2.60. The number of amides is 1. The van der Waals surface area contributed by atoms with Crippen LogP contribution in [0.5, 0.6) is 0 Å². The minimum absolute atomic E-state index is 0.0123. The van der Waals surface area contributed by atoms with Gasteiger partial charge in [0.2, 0.25) is 5.91 Å². The number of aliphatic hydroxyl groups excluding tert-OH is 2. The second-order valence-corrected chi connectivity index (χ2v) is 9.59. The lowest BCUT2D eigenvalue weighted by Crippen LogP contribution is -2.56. The third-order valence-corrected chi connectivity index (χ3v) is 8.18. The molecule has 0 spiro atoms. The first-order valence-electron chi connectivity index (χ1n) is 9.56. The van der Waals surface area contributed by atoms with Crippen LogP contribution in [0.4, 0.5) is 0 Å². The molecular formula is C18H27N3O5S. The molecule has 0 unspecified atom stereocenters. The summed E-state index contributed by atoms with van der Waals surface area (Å²) >= 11 is 1.45. The Morgan fingerprint density at radius 2 is 2.22 bits per heavy atom. The second-order valence-electron chi connectivity index (χ2n) is 8.28. The Morgan fingerprint density at radius 3 is 2.81 bits per heavy atom. The number of carbonyl (C=O) groups is 2. The number of nitrogens with one attached hydrogen (secondary N) is 2. The average Bonchev–Trinajstić information content (AvgIpc) is 3.35. The number of aliphatic hydroxyl groups is 2. The van der Waals surface area contributed by atoms with Crippen LogP contribution < -0.4 is 10.6 Å². The highest BCUT2D eigenvalue weighted by Crippen LogP contribution is 2.55. The predicted octanol–water partition coefficient (Wildman–Crippen LogP) is -0.670. The van der Waals surface area contributed by atoms with Crippen LogP contribution in [0.2, 0.25) is 0 Å². The van der Waals surface area contributed by atoms with Crippen LogP contribution in [0.25, 0.3) is 0 Å². The molecule has 4 rings (SSSR count). The van der Waals surface area contributed by atoms with E-state index in [2.05, 4.69) is 10.6 Å². The lowest BCUT2D eigenvalue weighted by molar-refractivity contribution is -0.150. The Morgan fingerprint density at radius 1 is 1.44 bits per heavy atom. The first kappa shape index (κ1) is 19.2. The summed E-state index contributed by atoms with van der Waals surface area (Å²) in [6, 6.07) is -0.286. The first-order valence-corrected chi connectivity index (χ1v) is 10.4. The van der Waals surface area contributed by atoms with E-state index in [1.807, 2.05) is 6.92 Å². The molecule has 0 aromatic rings. The zero-order valence-electron chi connectivity index (χ0n) is 15.4. The number of carbonyl (C=O) groups excluding carboxylic acids is 1. The van der Waals surface area contributed by atoms with Gasteiger partial charge in [0.15, 0.2) is 0 Å². The fourth-order valence-electron chi connectivity index (χ4n) is 4.85. The molecular weight excluding hydrogens is 370 g/mol. The van der Waals surface area contributed by atoms with Crippen molar-refractivity contribution < 1.29 is 24.9 Å². The molecule has 9 heteroatoms. The smallest absolute Gasteiger partial charge is 0.353 e. The molecule has 8 nitrogen and oxygen atoms in total. The molecule has 6 atom stereocenters. The van der Waals surface area contributed by atoms with Gasteiger partial charge in [-0.3, -0.25) is 4.79 Å². The summed E-state index contributed by atoms with van der Waals surface area (Å²) < 4.78 is 0. The highest BCUT2D eigenvalue weighted by atomic mass is 32.2. The highest BCUT2D eigenvalue weighted by molar-refractivity contribution is 8.03. The molecule has 4 aliphatic heterocycles. The summed E-state index contributed by atoms with van der Waals surface area (Å²) in [6.45, 7) is 4.08. The zero-order valence-corrected chi connectivity index (χ0v) is 16.2. The van der Waals surface area contributed by atoms with E-state index in [4.69, 9.17) is 0 Å². The molecule has 150 valence electrons. The predicted molar refractivity (Wildman–Crippen MR) is 99.9 cm³/mol. The molecule has 4 aliphatic rings. The SMILES string of the molecule is C[C@@]1(CO)C(S[C@@H]2CN[C@H]([C@H](O)[C@@H]3CCNC3)C2)=C(C(=O)O)N2C(=O)C[C@H]21. The lowest BCUT2D eigenvalue weighted by atomic mass is 9.79. The largest absolute Gasteiger partial charge is 0.477 e. The number of nitrogens with zero attached hydrogens (tertiary/aromatic N) is 1. The minimum Gasteiger partial charge on any atom is -0.477 e. The zero-order chi connectivity index (χ0) is 19.3. The van der Waals surface area contributed by atoms with Crippen molar-refractivity contribution in [1.82, 2.24) is 15.5 Å². The molecule has 0 aliphatic carbocycles. The van der Waals surface area contributed by atoms with Gasteiger partial charge in [0.1, 0.15) is 5.70 Å². The van der Waals surface area contributed by atoms with E-state index in [0.717, 1.165) is 25.9 Å². The number of hydrogen-bond acceptors (Lipinski definition) is 7. The van der Waals surface area contributed by atoms with Crippen molar-refractivity contribution in [2.45, 2.75) is 49.6 Å². The molecule has 0 bridgehead atoms. The molecule has 3 fully saturated rings. The van der Waals surface area contributed by atoms with Crippen molar-refractivity contribution >= 4 is 23.6 Å². The third-order valence-electron chi connectivity index (χ3n) is 6.59. The number of carboxylic acids is 1. The standard InChI is InChI=1S/C18H27N3O5S/c1-18(8-22)12-5-13(23)21(12)14(17(25)26)16(18)27-10-4-11(20-7-10)15(24)9-2-3-19-6-9/h9-12,15,19-20,22,24H,2-8H2,1H3,(H,25,26)/t9-,10+,11+,12+,15-,18+/m1/s1. The monoisotopic (exact) mass is 397 g/mol. The van der Waals surface area contributed by atoms with Crippen molar-refractivity contribution in [2.24, 2.45) is 11.3 Å². The van der Waals surface area contributed by atoms with E-state index in [1.54, 1.807) is 0 Å². The van der Waals surface area contributed by atoms with Gasteiger partial charge >= 0.3 is 5.97 Å². The number of rotatable bonds is 6. The Hall–Kier alpha value is -1.13. The molecule has 1 amide bonds. The van der Waals surface area contributed by atoms with Crippen molar-refractivity contribution in [2.75, 3.05) is 26.2 Å². The summed E-state index contributed by atoms with van der Waals surface area (Å²) in [4.78, 5) is 25.8. The van der Waals surface area contributed by atoms with E-state index in [1.165, 1.54) is 16.7 Å². The lowest BCUT2D eigenvalue weighted by Gasteiger charge is -2.42. The molecule has 0 saturated carbocycles. The minimum atomic E-state index is -1.12. The Labute approximate surface area is 162 Å². The van der Waals surface area contributed by atoms with Gasteiger partial charge in [-0.05, 0) is 19.4 Å². The average molecular weight is 397 g/mol. The number of aliphatic carboxylic acids is 1. The quantitative estimate of drug-likeness (QED) is 0.374. The molecule has 4 heterocycles. The Bertz CT molecular complexity index is 680. The van der Waals surface area contributed by atoms with Gasteiger partial charge in [0.25, 0.3) is 0 Å². The molecule has 5 N–H and O–H groups in total. The van der Waals surface area contributed by atoms with Crippen molar-refractivity contribution in [3.63, 3.8) is 0 Å². The maximum atomic E-state index is 12.0. The van der Waals surface area contributed by atoms with Crippen molar-refractivity contribution in [3.8, 4) is 0 Å². The number of thioether (sulfide) groups is 1. The van der Waals surface area contributed by atoms with Crippen molar-refractivity contribution in [1.29, 1.82) is 0 Å². The number of carboxylic acid groups (broad SMARTS) is 1. The van der Waals surface area contributed by atoms with Crippen LogP contribution >= 0.6 is 11.8 Å². The maximum Gasteiger partial charge on any atom is 0.353 e. The van der Waals surface area contributed by atoms with Gasteiger partial charge in [-0.1, -0.05) is 6.92 Å². The molecule has 0 radical (unpaired) electrons. The first-order chi connectivity index (χ1) is 12.9. The molecule has 0 aromatic heterocycles. The number of β-lactam (4-membered cyclic amide) rings is 1. The normalized spacial score (nSPS) is 39.7. The summed E-state index contributed by atoms with van der Waals surface area (Å²) in [5.41, 5.74) is -0.708. The van der Waals surface area contributed by atoms with Gasteiger partial charge in [0.05, 0.1) is 18.8 Å². The van der Waals surface area contributed by atoms with E-state index in [9.17, 15) is 24.9 Å².